The number of piperazine rings is 1. The second kappa shape index (κ2) is 6.50. The molecule has 2 N–H and O–H groups in total. The molecule has 0 saturated carbocycles. The molecule has 1 aromatic rings. The maximum absolute atomic E-state index is 13.6. The fourth-order valence-electron chi connectivity index (χ4n) is 2.08. The van der Waals surface area contributed by atoms with E-state index >= 15 is 0 Å². The first kappa shape index (κ1) is 15.9. The predicted molar refractivity (Wildman–Crippen MR) is 75.8 cm³/mol. The van der Waals surface area contributed by atoms with Gasteiger partial charge >= 0.3 is 0 Å². The van der Waals surface area contributed by atoms with Crippen LogP contribution in [-0.2, 0) is 14.8 Å². The minimum Gasteiger partial charge on any atom is -0.339 e. The molecule has 0 unspecified atom stereocenters. The first-order chi connectivity index (χ1) is 9.90. The van der Waals surface area contributed by atoms with Crippen LogP contribution in [0.1, 0.15) is 5.56 Å². The molecular formula is C13H18FN3O3S. The lowest BCUT2D eigenvalue weighted by atomic mass is 10.2. The average molecular weight is 315 g/mol. The van der Waals surface area contributed by atoms with Crippen LogP contribution in [0.3, 0.4) is 0 Å². The van der Waals surface area contributed by atoms with Gasteiger partial charge in [0.25, 0.3) is 0 Å². The number of rotatable bonds is 4. The number of aryl methyl sites for hydroxylation is 1. The second-order valence-electron chi connectivity index (χ2n) is 4.89. The van der Waals surface area contributed by atoms with Crippen LogP contribution < -0.4 is 10.0 Å². The summed E-state index contributed by atoms with van der Waals surface area (Å²) in [7, 11) is -4.04. The summed E-state index contributed by atoms with van der Waals surface area (Å²) in [5.41, 5.74) is 0.630. The summed E-state index contributed by atoms with van der Waals surface area (Å²) in [5.74, 6) is -1.14. The molecule has 0 bridgehead atoms. The van der Waals surface area contributed by atoms with Gasteiger partial charge in [-0.2, -0.15) is 0 Å². The van der Waals surface area contributed by atoms with E-state index in [-0.39, 0.29) is 12.5 Å². The first-order valence-electron chi connectivity index (χ1n) is 6.64. The summed E-state index contributed by atoms with van der Waals surface area (Å²) in [6.45, 7) is 3.76. The highest BCUT2D eigenvalue weighted by Gasteiger charge is 2.22. The van der Waals surface area contributed by atoms with Crippen LogP contribution in [0.25, 0.3) is 0 Å². The van der Waals surface area contributed by atoms with Crippen LogP contribution in [0.4, 0.5) is 4.39 Å². The molecule has 1 amide bonds. The Morgan fingerprint density at radius 1 is 1.38 bits per heavy atom. The summed E-state index contributed by atoms with van der Waals surface area (Å²) >= 11 is 0. The van der Waals surface area contributed by atoms with E-state index in [1.807, 2.05) is 0 Å². The maximum Gasteiger partial charge on any atom is 0.243 e. The molecule has 0 spiro atoms. The lowest BCUT2D eigenvalue weighted by molar-refractivity contribution is -0.130. The Kier molecular flexibility index (Phi) is 4.92. The van der Waals surface area contributed by atoms with Gasteiger partial charge in [0.05, 0.1) is 6.54 Å². The molecular weight excluding hydrogens is 297 g/mol. The van der Waals surface area contributed by atoms with E-state index in [9.17, 15) is 17.6 Å². The average Bonchev–Trinajstić information content (AvgIpc) is 2.48. The SMILES string of the molecule is Cc1ccc(F)c(S(=O)(=O)NCC(=O)N2CCNCC2)c1. The predicted octanol–water partition coefficient (Wildman–Crippen LogP) is -0.156. The normalized spacial score (nSPS) is 16.0. The molecule has 1 heterocycles. The van der Waals surface area contributed by atoms with Crippen molar-refractivity contribution in [3.8, 4) is 0 Å². The number of nitrogens with one attached hydrogen (secondary N) is 2. The standard InChI is InChI=1S/C13H18FN3O3S/c1-10-2-3-11(14)12(8-10)21(19,20)16-9-13(18)17-6-4-15-5-7-17/h2-3,8,15-16H,4-7,9H2,1H3. The molecule has 1 aliphatic heterocycles. The summed E-state index contributed by atoms with van der Waals surface area (Å²) in [6.07, 6.45) is 0. The lowest BCUT2D eigenvalue weighted by Crippen LogP contribution is -2.49. The molecule has 1 fully saturated rings. The third-order valence-corrected chi connectivity index (χ3v) is 4.68. The van der Waals surface area contributed by atoms with Crippen molar-refractivity contribution in [3.63, 3.8) is 0 Å². The van der Waals surface area contributed by atoms with Crippen molar-refractivity contribution < 1.29 is 17.6 Å². The van der Waals surface area contributed by atoms with Gasteiger partial charge in [-0.15, -0.1) is 0 Å². The number of amides is 1. The van der Waals surface area contributed by atoms with E-state index in [4.69, 9.17) is 0 Å². The molecule has 1 aromatic carbocycles. The molecule has 2 rings (SSSR count). The summed E-state index contributed by atoms with van der Waals surface area (Å²) in [6, 6.07) is 3.83. The minimum absolute atomic E-state index is 0.312. The molecule has 8 heteroatoms. The van der Waals surface area contributed by atoms with Gasteiger partial charge in [-0.3, -0.25) is 4.79 Å². The van der Waals surface area contributed by atoms with Crippen molar-refractivity contribution in [2.45, 2.75) is 11.8 Å². The summed E-state index contributed by atoms with van der Waals surface area (Å²) in [5, 5.41) is 3.10. The highest BCUT2D eigenvalue weighted by atomic mass is 32.2. The monoisotopic (exact) mass is 315 g/mol. The molecule has 1 aliphatic rings. The third kappa shape index (κ3) is 3.99. The Balaban J connectivity index is 2.04. The zero-order valence-corrected chi connectivity index (χ0v) is 12.5. The van der Waals surface area contributed by atoms with Crippen molar-refractivity contribution in [3.05, 3.63) is 29.6 Å². The fraction of sp³-hybridized carbons (Fsp3) is 0.462. The highest BCUT2D eigenvalue weighted by Crippen LogP contribution is 2.15. The van der Waals surface area contributed by atoms with Gasteiger partial charge in [0.15, 0.2) is 0 Å². The van der Waals surface area contributed by atoms with Gasteiger partial charge in [-0.05, 0) is 24.6 Å². The van der Waals surface area contributed by atoms with Crippen LogP contribution in [0.15, 0.2) is 23.1 Å². The highest BCUT2D eigenvalue weighted by molar-refractivity contribution is 7.89. The quantitative estimate of drug-likeness (QED) is 0.810. The first-order valence-corrected chi connectivity index (χ1v) is 8.13. The van der Waals surface area contributed by atoms with Crippen LogP contribution >= 0.6 is 0 Å². The van der Waals surface area contributed by atoms with E-state index in [1.54, 1.807) is 11.8 Å². The number of carbonyl (C=O) groups is 1. The van der Waals surface area contributed by atoms with Gasteiger partial charge < -0.3 is 10.2 Å². The molecule has 0 aliphatic carbocycles. The zero-order valence-electron chi connectivity index (χ0n) is 11.7. The maximum atomic E-state index is 13.6. The van der Waals surface area contributed by atoms with E-state index in [1.165, 1.54) is 12.1 Å². The Hall–Kier alpha value is -1.51. The summed E-state index contributed by atoms with van der Waals surface area (Å²) < 4.78 is 39.9. The molecule has 0 radical (unpaired) electrons. The van der Waals surface area contributed by atoms with E-state index in [0.717, 1.165) is 6.07 Å². The Morgan fingerprint density at radius 2 is 2.05 bits per heavy atom. The molecule has 116 valence electrons. The number of hydrogen-bond donors (Lipinski definition) is 2. The van der Waals surface area contributed by atoms with Crippen molar-refractivity contribution in [2.75, 3.05) is 32.7 Å². The van der Waals surface area contributed by atoms with Crippen molar-refractivity contribution >= 4 is 15.9 Å². The summed E-state index contributed by atoms with van der Waals surface area (Å²) in [4.78, 5) is 13.0. The van der Waals surface area contributed by atoms with Gasteiger partial charge in [0.2, 0.25) is 15.9 Å². The third-order valence-electron chi connectivity index (χ3n) is 3.26. The van der Waals surface area contributed by atoms with E-state index < -0.39 is 20.7 Å². The Morgan fingerprint density at radius 3 is 2.71 bits per heavy atom. The number of nitrogens with zero attached hydrogens (tertiary/aromatic N) is 1. The number of carbonyl (C=O) groups excluding carboxylic acids is 1. The largest absolute Gasteiger partial charge is 0.339 e. The van der Waals surface area contributed by atoms with Gasteiger partial charge in [-0.1, -0.05) is 6.07 Å². The molecule has 21 heavy (non-hydrogen) atoms. The molecule has 0 atom stereocenters. The fourth-order valence-corrected chi connectivity index (χ4v) is 3.21. The van der Waals surface area contributed by atoms with Crippen LogP contribution in [-0.4, -0.2) is 51.9 Å². The van der Waals surface area contributed by atoms with Crippen LogP contribution in [0, 0.1) is 12.7 Å². The van der Waals surface area contributed by atoms with Gasteiger partial charge in [0.1, 0.15) is 10.7 Å². The zero-order chi connectivity index (χ0) is 15.5. The Labute approximate surface area is 123 Å². The van der Waals surface area contributed by atoms with E-state index in [2.05, 4.69) is 10.0 Å². The Bertz CT molecular complexity index is 628. The van der Waals surface area contributed by atoms with Crippen molar-refractivity contribution in [2.24, 2.45) is 0 Å². The van der Waals surface area contributed by atoms with Crippen LogP contribution in [0.5, 0.6) is 0 Å². The molecule has 0 aromatic heterocycles. The number of halogens is 1. The minimum atomic E-state index is -4.04. The molecule has 6 nitrogen and oxygen atoms in total. The molecule has 1 saturated heterocycles. The van der Waals surface area contributed by atoms with E-state index in [0.29, 0.717) is 31.7 Å². The van der Waals surface area contributed by atoms with Gasteiger partial charge in [0, 0.05) is 26.2 Å². The number of sulfonamides is 1. The smallest absolute Gasteiger partial charge is 0.243 e. The van der Waals surface area contributed by atoms with Crippen molar-refractivity contribution in [1.29, 1.82) is 0 Å². The van der Waals surface area contributed by atoms with Gasteiger partial charge in [-0.25, -0.2) is 17.5 Å². The lowest BCUT2D eigenvalue weighted by Gasteiger charge is -2.27. The topological polar surface area (TPSA) is 78.5 Å². The van der Waals surface area contributed by atoms with Crippen LogP contribution in [0.2, 0.25) is 0 Å². The van der Waals surface area contributed by atoms with Crippen molar-refractivity contribution in [1.82, 2.24) is 14.9 Å². The number of benzene rings is 1. The number of hydrogen-bond acceptors (Lipinski definition) is 4. The second-order valence-corrected chi connectivity index (χ2v) is 6.62.